The van der Waals surface area contributed by atoms with Gasteiger partial charge in [-0.05, 0) is 17.7 Å². The first-order chi connectivity index (χ1) is 9.56. The summed E-state index contributed by atoms with van der Waals surface area (Å²) in [7, 11) is 1.73. The SMILES string of the molecule is CN(Cc1ccc(OC(F)F)cc1)C(=O)C1CSCN1. The van der Waals surface area contributed by atoms with Crippen LogP contribution >= 0.6 is 11.8 Å². The largest absolute Gasteiger partial charge is 0.435 e. The zero-order chi connectivity index (χ0) is 14.5. The zero-order valence-electron chi connectivity index (χ0n) is 11.0. The fourth-order valence-corrected chi connectivity index (χ4v) is 2.88. The van der Waals surface area contributed by atoms with Crippen molar-refractivity contribution in [3.05, 3.63) is 29.8 Å². The molecular formula is C13H16F2N2O2S. The van der Waals surface area contributed by atoms with Crippen molar-refractivity contribution in [2.75, 3.05) is 18.7 Å². The summed E-state index contributed by atoms with van der Waals surface area (Å²) in [5.41, 5.74) is 0.869. The van der Waals surface area contributed by atoms with Crippen molar-refractivity contribution in [3.63, 3.8) is 0 Å². The van der Waals surface area contributed by atoms with Gasteiger partial charge >= 0.3 is 6.61 Å². The van der Waals surface area contributed by atoms with Crippen LogP contribution in [0.2, 0.25) is 0 Å². The minimum atomic E-state index is -2.82. The van der Waals surface area contributed by atoms with Crippen LogP contribution in [-0.2, 0) is 11.3 Å². The molecule has 0 aromatic heterocycles. The number of ether oxygens (including phenoxy) is 1. The second-order valence-corrected chi connectivity index (χ2v) is 5.52. The lowest BCUT2D eigenvalue weighted by Gasteiger charge is -2.21. The maximum Gasteiger partial charge on any atom is 0.387 e. The number of alkyl halides is 2. The highest BCUT2D eigenvalue weighted by atomic mass is 32.2. The summed E-state index contributed by atoms with van der Waals surface area (Å²) >= 11 is 1.70. The molecule has 110 valence electrons. The van der Waals surface area contributed by atoms with Gasteiger partial charge in [-0.25, -0.2) is 0 Å². The van der Waals surface area contributed by atoms with E-state index in [9.17, 15) is 13.6 Å². The molecule has 2 rings (SSSR count). The molecule has 1 aromatic carbocycles. The number of likely N-dealkylation sites (N-methyl/N-ethyl adjacent to an activating group) is 1. The Morgan fingerprint density at radius 3 is 2.75 bits per heavy atom. The van der Waals surface area contributed by atoms with Crippen molar-refractivity contribution in [1.82, 2.24) is 10.2 Å². The lowest BCUT2D eigenvalue weighted by atomic mass is 10.2. The fraction of sp³-hybridized carbons (Fsp3) is 0.462. The standard InChI is InChI=1S/C13H16F2N2O2S/c1-17(12(18)11-7-20-8-16-11)6-9-2-4-10(5-3-9)19-13(14)15/h2-5,11,13,16H,6-8H2,1H3. The average Bonchev–Trinajstić information content (AvgIpc) is 2.93. The number of carbonyl (C=O) groups excluding carboxylic acids is 1. The van der Waals surface area contributed by atoms with Gasteiger partial charge in [0.05, 0.1) is 6.04 Å². The van der Waals surface area contributed by atoms with Crippen LogP contribution in [0.15, 0.2) is 24.3 Å². The first kappa shape index (κ1) is 15.1. The number of halogens is 2. The molecule has 1 amide bonds. The lowest BCUT2D eigenvalue weighted by Crippen LogP contribution is -2.42. The van der Waals surface area contributed by atoms with Gasteiger partial charge in [-0.1, -0.05) is 12.1 Å². The van der Waals surface area contributed by atoms with Gasteiger partial charge < -0.3 is 9.64 Å². The molecule has 1 N–H and O–H groups in total. The van der Waals surface area contributed by atoms with Crippen LogP contribution in [0.1, 0.15) is 5.56 Å². The van der Waals surface area contributed by atoms with E-state index in [0.717, 1.165) is 17.2 Å². The molecule has 0 saturated carbocycles. The van der Waals surface area contributed by atoms with E-state index in [2.05, 4.69) is 10.1 Å². The Bertz CT molecular complexity index is 450. The number of carbonyl (C=O) groups is 1. The second-order valence-electron chi connectivity index (χ2n) is 4.49. The summed E-state index contributed by atoms with van der Waals surface area (Å²) in [6, 6.07) is 6.18. The van der Waals surface area contributed by atoms with Gasteiger partial charge in [0, 0.05) is 25.2 Å². The third-order valence-corrected chi connectivity index (χ3v) is 3.90. The van der Waals surface area contributed by atoms with Gasteiger partial charge in [0.2, 0.25) is 5.91 Å². The minimum absolute atomic E-state index is 0.0444. The van der Waals surface area contributed by atoms with Gasteiger partial charge in [0.15, 0.2) is 0 Å². The number of benzene rings is 1. The van der Waals surface area contributed by atoms with Crippen LogP contribution in [0.25, 0.3) is 0 Å². The molecule has 0 bridgehead atoms. The van der Waals surface area contributed by atoms with Crippen LogP contribution in [0.5, 0.6) is 5.75 Å². The summed E-state index contributed by atoms with van der Waals surface area (Å²) in [6.45, 7) is -2.38. The van der Waals surface area contributed by atoms with Gasteiger partial charge in [0.1, 0.15) is 5.75 Å². The van der Waals surface area contributed by atoms with E-state index in [1.54, 1.807) is 35.8 Å². The highest BCUT2D eigenvalue weighted by Gasteiger charge is 2.25. The molecule has 1 saturated heterocycles. The van der Waals surface area contributed by atoms with Crippen LogP contribution in [0, 0.1) is 0 Å². The maximum absolute atomic E-state index is 12.1. The number of hydrogen-bond donors (Lipinski definition) is 1. The molecule has 1 heterocycles. The Morgan fingerprint density at radius 2 is 2.20 bits per heavy atom. The van der Waals surface area contributed by atoms with Crippen LogP contribution < -0.4 is 10.1 Å². The monoisotopic (exact) mass is 302 g/mol. The number of rotatable bonds is 5. The Balaban J connectivity index is 1.90. The summed E-state index contributed by atoms with van der Waals surface area (Å²) < 4.78 is 28.3. The van der Waals surface area contributed by atoms with Crippen molar-refractivity contribution in [3.8, 4) is 5.75 Å². The smallest absolute Gasteiger partial charge is 0.387 e. The van der Waals surface area contributed by atoms with Crippen molar-refractivity contribution in [2.24, 2.45) is 0 Å². The third kappa shape index (κ3) is 4.08. The van der Waals surface area contributed by atoms with E-state index in [0.29, 0.717) is 6.54 Å². The normalized spacial score (nSPS) is 18.3. The molecule has 20 heavy (non-hydrogen) atoms. The molecule has 0 spiro atoms. The third-order valence-electron chi connectivity index (χ3n) is 2.96. The molecular weight excluding hydrogens is 286 g/mol. The molecule has 4 nitrogen and oxygen atoms in total. The van der Waals surface area contributed by atoms with Gasteiger partial charge in [-0.2, -0.15) is 8.78 Å². The Morgan fingerprint density at radius 1 is 1.50 bits per heavy atom. The molecule has 0 aliphatic carbocycles. The van der Waals surface area contributed by atoms with Crippen LogP contribution in [0.4, 0.5) is 8.78 Å². The van der Waals surface area contributed by atoms with Crippen molar-refractivity contribution < 1.29 is 18.3 Å². The van der Waals surface area contributed by atoms with Gasteiger partial charge in [-0.15, -0.1) is 11.8 Å². The molecule has 1 aliphatic heterocycles. The Hall–Kier alpha value is -1.34. The van der Waals surface area contributed by atoms with E-state index in [-0.39, 0.29) is 17.7 Å². The van der Waals surface area contributed by atoms with E-state index in [1.165, 1.54) is 12.1 Å². The Kier molecular flexibility index (Phi) is 5.19. The molecule has 1 fully saturated rings. The van der Waals surface area contributed by atoms with Crippen molar-refractivity contribution in [1.29, 1.82) is 0 Å². The predicted octanol–water partition coefficient (Wildman–Crippen LogP) is 1.91. The predicted molar refractivity (Wildman–Crippen MR) is 73.8 cm³/mol. The van der Waals surface area contributed by atoms with Crippen LogP contribution in [0.3, 0.4) is 0 Å². The number of thioether (sulfide) groups is 1. The highest BCUT2D eigenvalue weighted by Crippen LogP contribution is 2.17. The molecule has 7 heteroatoms. The molecule has 0 radical (unpaired) electrons. The number of amides is 1. The fourth-order valence-electron chi connectivity index (χ4n) is 1.95. The van der Waals surface area contributed by atoms with E-state index >= 15 is 0 Å². The summed E-state index contributed by atoms with van der Waals surface area (Å²) in [6.07, 6.45) is 0. The summed E-state index contributed by atoms with van der Waals surface area (Å²) in [5.74, 6) is 1.74. The summed E-state index contributed by atoms with van der Waals surface area (Å²) in [5, 5.41) is 3.12. The highest BCUT2D eigenvalue weighted by molar-refractivity contribution is 7.99. The van der Waals surface area contributed by atoms with Crippen molar-refractivity contribution in [2.45, 2.75) is 19.2 Å². The van der Waals surface area contributed by atoms with E-state index in [1.807, 2.05) is 0 Å². The quantitative estimate of drug-likeness (QED) is 0.902. The molecule has 1 aromatic rings. The van der Waals surface area contributed by atoms with Gasteiger partial charge in [0.25, 0.3) is 0 Å². The average molecular weight is 302 g/mol. The molecule has 1 aliphatic rings. The van der Waals surface area contributed by atoms with Crippen LogP contribution in [-0.4, -0.2) is 42.1 Å². The molecule has 1 unspecified atom stereocenters. The summed E-state index contributed by atoms with van der Waals surface area (Å²) in [4.78, 5) is 13.7. The first-order valence-electron chi connectivity index (χ1n) is 6.16. The second kappa shape index (κ2) is 6.90. The maximum atomic E-state index is 12.1. The number of nitrogens with one attached hydrogen (secondary N) is 1. The van der Waals surface area contributed by atoms with Gasteiger partial charge in [-0.3, -0.25) is 10.1 Å². The van der Waals surface area contributed by atoms with E-state index < -0.39 is 6.61 Å². The minimum Gasteiger partial charge on any atom is -0.435 e. The topological polar surface area (TPSA) is 41.6 Å². The zero-order valence-corrected chi connectivity index (χ0v) is 11.8. The number of nitrogens with zero attached hydrogens (tertiary/aromatic N) is 1. The number of hydrogen-bond acceptors (Lipinski definition) is 4. The Labute approximate surface area is 120 Å². The molecule has 1 atom stereocenters. The van der Waals surface area contributed by atoms with E-state index in [4.69, 9.17) is 0 Å². The first-order valence-corrected chi connectivity index (χ1v) is 7.31. The lowest BCUT2D eigenvalue weighted by molar-refractivity contribution is -0.131. The van der Waals surface area contributed by atoms with Crippen molar-refractivity contribution >= 4 is 17.7 Å².